The molecule has 3 rings (SSSR count). The minimum absolute atomic E-state index is 0.678. The molecular weight excluding hydrogens is 224 g/mol. The van der Waals surface area contributed by atoms with Crippen LogP contribution in [0.5, 0.6) is 11.5 Å². The Hall–Kier alpha value is -2.22. The summed E-state index contributed by atoms with van der Waals surface area (Å²) in [6.07, 6.45) is 0.733. The Kier molecular flexibility index (Phi) is 2.56. The highest BCUT2D eigenvalue weighted by atomic mass is 16.7. The van der Waals surface area contributed by atoms with E-state index in [2.05, 4.69) is 6.58 Å². The van der Waals surface area contributed by atoms with Crippen LogP contribution in [0.2, 0.25) is 0 Å². The summed E-state index contributed by atoms with van der Waals surface area (Å²) in [4.78, 5) is 0. The Morgan fingerprint density at radius 3 is 1.50 bits per heavy atom. The number of para-hydroxylation sites is 2. The molecule has 0 aliphatic heterocycles. The Morgan fingerprint density at radius 2 is 1.17 bits per heavy atom. The molecule has 2 aromatic carbocycles. The van der Waals surface area contributed by atoms with Gasteiger partial charge in [0.1, 0.15) is 11.5 Å². The second kappa shape index (κ2) is 4.22. The van der Waals surface area contributed by atoms with Gasteiger partial charge in [-0.1, -0.05) is 43.0 Å². The van der Waals surface area contributed by atoms with E-state index < -0.39 is 5.79 Å². The summed E-state index contributed by atoms with van der Waals surface area (Å²) in [6, 6.07) is 19.4. The predicted octanol–water partition coefficient (Wildman–Crippen LogP) is 3.80. The summed E-state index contributed by atoms with van der Waals surface area (Å²) >= 11 is 0. The van der Waals surface area contributed by atoms with Crippen LogP contribution < -0.4 is 9.47 Å². The highest BCUT2D eigenvalue weighted by Gasteiger charge is 2.54. The summed E-state index contributed by atoms with van der Waals surface area (Å²) in [6.45, 7) is 3.96. The van der Waals surface area contributed by atoms with E-state index in [-0.39, 0.29) is 0 Å². The van der Waals surface area contributed by atoms with Gasteiger partial charge >= 0.3 is 0 Å². The van der Waals surface area contributed by atoms with Crippen molar-refractivity contribution in [3.05, 3.63) is 72.8 Å². The maximum absolute atomic E-state index is 5.91. The van der Waals surface area contributed by atoms with E-state index in [1.807, 2.05) is 60.7 Å². The van der Waals surface area contributed by atoms with Crippen LogP contribution in [-0.4, -0.2) is 5.79 Å². The second-order valence-corrected chi connectivity index (χ2v) is 4.36. The van der Waals surface area contributed by atoms with Gasteiger partial charge in [0.05, 0.1) is 6.42 Å². The van der Waals surface area contributed by atoms with E-state index in [1.54, 1.807) is 0 Å². The van der Waals surface area contributed by atoms with Crippen molar-refractivity contribution in [1.82, 2.24) is 0 Å². The first-order valence-electron chi connectivity index (χ1n) is 5.95. The lowest BCUT2D eigenvalue weighted by atomic mass is 10.3. The van der Waals surface area contributed by atoms with Crippen LogP contribution in [0.25, 0.3) is 0 Å². The second-order valence-electron chi connectivity index (χ2n) is 4.36. The predicted molar refractivity (Wildman–Crippen MR) is 70.6 cm³/mol. The van der Waals surface area contributed by atoms with Gasteiger partial charge in [-0.2, -0.15) is 0 Å². The monoisotopic (exact) mass is 238 g/mol. The molecular formula is C16H14O2. The van der Waals surface area contributed by atoms with Crippen LogP contribution in [-0.2, 0) is 0 Å². The highest BCUT2D eigenvalue weighted by Crippen LogP contribution is 2.46. The van der Waals surface area contributed by atoms with Crippen molar-refractivity contribution < 1.29 is 9.47 Å². The minimum Gasteiger partial charge on any atom is -0.448 e. The first-order chi connectivity index (χ1) is 8.78. The summed E-state index contributed by atoms with van der Waals surface area (Å²) in [7, 11) is 0. The fourth-order valence-electron chi connectivity index (χ4n) is 1.83. The average molecular weight is 238 g/mol. The van der Waals surface area contributed by atoms with E-state index in [1.165, 1.54) is 0 Å². The van der Waals surface area contributed by atoms with Gasteiger partial charge in [0, 0.05) is 5.57 Å². The van der Waals surface area contributed by atoms with Crippen LogP contribution in [0.3, 0.4) is 0 Å². The Morgan fingerprint density at radius 1 is 0.778 bits per heavy atom. The largest absolute Gasteiger partial charge is 0.448 e. The Labute approximate surface area is 106 Å². The first-order valence-corrected chi connectivity index (χ1v) is 5.95. The molecule has 0 amide bonds. The topological polar surface area (TPSA) is 18.5 Å². The highest BCUT2D eigenvalue weighted by molar-refractivity contribution is 5.37. The van der Waals surface area contributed by atoms with Crippen LogP contribution in [0.15, 0.2) is 72.8 Å². The molecule has 0 N–H and O–H groups in total. The van der Waals surface area contributed by atoms with Crippen LogP contribution >= 0.6 is 0 Å². The average Bonchev–Trinajstić information content (AvgIpc) is 3.01. The zero-order valence-corrected chi connectivity index (χ0v) is 10.0. The van der Waals surface area contributed by atoms with E-state index in [0.29, 0.717) is 0 Å². The molecule has 0 radical (unpaired) electrons. The van der Waals surface area contributed by atoms with Gasteiger partial charge in [0.15, 0.2) is 0 Å². The van der Waals surface area contributed by atoms with Gasteiger partial charge in [0.2, 0.25) is 0 Å². The third kappa shape index (κ3) is 2.09. The van der Waals surface area contributed by atoms with Crippen molar-refractivity contribution in [3.8, 4) is 11.5 Å². The zero-order chi connectivity index (χ0) is 12.4. The molecule has 0 saturated heterocycles. The van der Waals surface area contributed by atoms with E-state index in [9.17, 15) is 0 Å². The molecule has 0 atom stereocenters. The maximum atomic E-state index is 5.91. The summed E-state index contributed by atoms with van der Waals surface area (Å²) in [5.74, 6) is 0.919. The van der Waals surface area contributed by atoms with Gasteiger partial charge in [-0.15, -0.1) is 0 Å². The Balaban J connectivity index is 1.78. The maximum Gasteiger partial charge on any atom is 0.277 e. The van der Waals surface area contributed by atoms with Gasteiger partial charge < -0.3 is 9.47 Å². The lowest BCUT2D eigenvalue weighted by Gasteiger charge is -2.19. The van der Waals surface area contributed by atoms with Gasteiger partial charge in [-0.25, -0.2) is 0 Å². The molecule has 1 saturated carbocycles. The molecule has 2 aromatic rings. The molecule has 18 heavy (non-hydrogen) atoms. The molecule has 0 heterocycles. The number of ether oxygens (including phenoxy) is 2. The molecule has 1 fully saturated rings. The number of rotatable bonds is 4. The standard InChI is InChI=1S/C16H14O2/c1-13-12-16(13,17-14-8-4-2-5-9-14)18-15-10-6-3-7-11-15/h2-11H,1,12H2. The molecule has 2 heteroatoms. The summed E-state index contributed by atoms with van der Waals surface area (Å²) < 4.78 is 11.8. The lowest BCUT2D eigenvalue weighted by molar-refractivity contribution is -0.00818. The third-order valence-corrected chi connectivity index (χ3v) is 2.91. The number of benzene rings is 2. The van der Waals surface area contributed by atoms with Crippen LogP contribution in [0.1, 0.15) is 6.42 Å². The van der Waals surface area contributed by atoms with Crippen molar-refractivity contribution in [2.24, 2.45) is 0 Å². The van der Waals surface area contributed by atoms with Crippen molar-refractivity contribution in [1.29, 1.82) is 0 Å². The Bertz CT molecular complexity index is 504. The number of hydrogen-bond donors (Lipinski definition) is 0. The molecule has 0 spiro atoms. The van der Waals surface area contributed by atoms with Gasteiger partial charge in [-0.05, 0) is 24.3 Å². The minimum atomic E-state index is -0.678. The summed E-state index contributed by atoms with van der Waals surface area (Å²) in [5, 5.41) is 0. The fourth-order valence-corrected chi connectivity index (χ4v) is 1.83. The normalized spacial score (nSPS) is 16.1. The van der Waals surface area contributed by atoms with E-state index >= 15 is 0 Å². The van der Waals surface area contributed by atoms with E-state index in [4.69, 9.17) is 9.47 Å². The molecule has 1 aliphatic rings. The van der Waals surface area contributed by atoms with Gasteiger partial charge in [0.25, 0.3) is 5.79 Å². The van der Waals surface area contributed by atoms with Crippen molar-refractivity contribution >= 4 is 0 Å². The smallest absolute Gasteiger partial charge is 0.277 e. The number of hydrogen-bond acceptors (Lipinski definition) is 2. The molecule has 0 bridgehead atoms. The SMILES string of the molecule is C=C1CC1(Oc1ccccc1)Oc1ccccc1. The molecule has 90 valence electrons. The molecule has 0 aromatic heterocycles. The van der Waals surface area contributed by atoms with E-state index in [0.717, 1.165) is 23.5 Å². The third-order valence-electron chi connectivity index (χ3n) is 2.91. The van der Waals surface area contributed by atoms with Crippen LogP contribution in [0.4, 0.5) is 0 Å². The van der Waals surface area contributed by atoms with Gasteiger partial charge in [-0.3, -0.25) is 0 Å². The van der Waals surface area contributed by atoms with Crippen molar-refractivity contribution in [2.75, 3.05) is 0 Å². The zero-order valence-electron chi connectivity index (χ0n) is 10.0. The quantitative estimate of drug-likeness (QED) is 0.595. The fraction of sp³-hybridized carbons (Fsp3) is 0.125. The first kappa shape index (κ1) is 10.9. The lowest BCUT2D eigenvalue weighted by Crippen LogP contribution is -2.26. The van der Waals surface area contributed by atoms with Crippen molar-refractivity contribution in [3.63, 3.8) is 0 Å². The summed E-state index contributed by atoms with van der Waals surface area (Å²) in [5.41, 5.74) is 0.968. The molecule has 0 unspecified atom stereocenters. The molecule has 1 aliphatic carbocycles. The molecule has 2 nitrogen and oxygen atoms in total. The van der Waals surface area contributed by atoms with Crippen molar-refractivity contribution in [2.45, 2.75) is 12.2 Å². The van der Waals surface area contributed by atoms with Crippen LogP contribution in [0, 0.1) is 0 Å².